The van der Waals surface area contributed by atoms with Crippen LogP contribution in [0.1, 0.15) is 38.3 Å². The van der Waals surface area contributed by atoms with Crippen LogP contribution in [-0.4, -0.2) is 31.3 Å². The minimum Gasteiger partial charge on any atom is -0.292 e. The molecule has 36 heavy (non-hydrogen) atoms. The molecule has 9 heteroatoms. The molecule has 2 heterocycles. The smallest absolute Gasteiger partial charge is 0.292 e. The average molecular weight is 493 g/mol. The number of aromatic nitrogens is 4. The lowest BCUT2D eigenvalue weighted by molar-refractivity contribution is 0.0945. The molecule has 0 unspecified atom stereocenters. The van der Waals surface area contributed by atoms with E-state index in [1.807, 2.05) is 77.5 Å². The predicted molar refractivity (Wildman–Crippen MR) is 136 cm³/mol. The van der Waals surface area contributed by atoms with E-state index >= 15 is 0 Å². The van der Waals surface area contributed by atoms with E-state index in [9.17, 15) is 9.59 Å². The van der Waals surface area contributed by atoms with Crippen molar-refractivity contribution >= 4 is 23.0 Å². The molecule has 0 aliphatic heterocycles. The maximum atomic E-state index is 13.4. The van der Waals surface area contributed by atoms with Crippen LogP contribution in [0.2, 0.25) is 0 Å². The Hall–Kier alpha value is -4.63. The quantitative estimate of drug-likeness (QED) is 0.289. The van der Waals surface area contributed by atoms with Crippen LogP contribution in [0, 0.1) is 0 Å². The molecule has 176 valence electrons. The first-order chi connectivity index (χ1) is 17.6. The van der Waals surface area contributed by atoms with Gasteiger partial charge in [-0.05, 0) is 29.8 Å². The molecule has 8 nitrogen and oxygen atoms in total. The van der Waals surface area contributed by atoms with Gasteiger partial charge in [-0.15, -0.1) is 5.10 Å². The number of hydrogen-bond acceptors (Lipinski definition) is 6. The fourth-order valence-electron chi connectivity index (χ4n) is 4.31. The second kappa shape index (κ2) is 8.86. The number of benzene rings is 3. The summed E-state index contributed by atoms with van der Waals surface area (Å²) in [5.41, 5.74) is 8.56. The van der Waals surface area contributed by atoms with Gasteiger partial charge in [0.2, 0.25) is 4.80 Å². The molecule has 5 aromatic rings. The van der Waals surface area contributed by atoms with E-state index in [1.165, 1.54) is 6.92 Å². The summed E-state index contributed by atoms with van der Waals surface area (Å²) in [4.78, 5) is 25.7. The number of nitrogens with one attached hydrogen (secondary N) is 1. The van der Waals surface area contributed by atoms with Crippen LogP contribution in [0.15, 0.2) is 90.0 Å². The van der Waals surface area contributed by atoms with Crippen LogP contribution in [-0.2, 0) is 6.42 Å². The van der Waals surface area contributed by atoms with Crippen molar-refractivity contribution in [3.8, 4) is 22.6 Å². The average Bonchev–Trinajstić information content (AvgIpc) is 3.61. The van der Waals surface area contributed by atoms with E-state index in [0.29, 0.717) is 21.9 Å². The Bertz CT molecular complexity index is 1680. The highest BCUT2D eigenvalue weighted by atomic mass is 32.1. The Morgan fingerprint density at radius 2 is 1.50 bits per heavy atom. The summed E-state index contributed by atoms with van der Waals surface area (Å²) in [6.07, 6.45) is 0.611. The molecular weight excluding hydrogens is 472 g/mol. The topological polar surface area (TPSA) is 94.2 Å². The summed E-state index contributed by atoms with van der Waals surface area (Å²) in [7, 11) is 0. The molecule has 1 aliphatic rings. The van der Waals surface area contributed by atoms with Gasteiger partial charge < -0.3 is 0 Å². The van der Waals surface area contributed by atoms with Crippen LogP contribution in [0.25, 0.3) is 22.6 Å². The molecule has 0 saturated heterocycles. The van der Waals surface area contributed by atoms with E-state index in [2.05, 4.69) is 27.8 Å². The van der Waals surface area contributed by atoms with Crippen LogP contribution < -0.4 is 10.2 Å². The van der Waals surface area contributed by atoms with E-state index < -0.39 is 5.91 Å². The highest BCUT2D eigenvalue weighted by Crippen LogP contribution is 2.39. The number of ketones is 1. The second-order valence-electron chi connectivity index (χ2n) is 8.30. The van der Waals surface area contributed by atoms with E-state index in [4.69, 9.17) is 5.10 Å². The first-order valence-electron chi connectivity index (χ1n) is 11.4. The Balaban J connectivity index is 1.42. The molecule has 0 spiro atoms. The molecule has 6 rings (SSSR count). The Morgan fingerprint density at radius 3 is 2.19 bits per heavy atom. The van der Waals surface area contributed by atoms with Crippen LogP contribution in [0.4, 0.5) is 0 Å². The number of amides is 1. The highest BCUT2D eigenvalue weighted by molar-refractivity contribution is 7.10. The lowest BCUT2D eigenvalue weighted by Crippen LogP contribution is -2.25. The van der Waals surface area contributed by atoms with Crippen LogP contribution in [0.3, 0.4) is 0 Å². The number of carbonyl (C=O) groups is 2. The molecule has 0 atom stereocenters. The van der Waals surface area contributed by atoms with Gasteiger partial charge in [0.05, 0.1) is 17.1 Å². The van der Waals surface area contributed by atoms with Crippen molar-refractivity contribution < 1.29 is 9.59 Å². The van der Waals surface area contributed by atoms with Crippen molar-refractivity contribution in [2.45, 2.75) is 13.3 Å². The lowest BCUT2D eigenvalue weighted by atomic mass is 10.1. The van der Waals surface area contributed by atoms with E-state index in [0.717, 1.165) is 45.1 Å². The summed E-state index contributed by atoms with van der Waals surface area (Å²) in [5, 5.41) is 13.7. The maximum absolute atomic E-state index is 13.4. The zero-order valence-corrected chi connectivity index (χ0v) is 20.1. The molecule has 0 radical (unpaired) electrons. The summed E-state index contributed by atoms with van der Waals surface area (Å²) >= 11 is 1.11. The number of hydrogen-bond donors (Lipinski definition) is 1. The number of fused-ring (bicyclic) bond motifs is 3. The number of para-hydroxylation sites is 2. The van der Waals surface area contributed by atoms with Gasteiger partial charge in [-0.25, -0.2) is 14.8 Å². The predicted octanol–water partition coefficient (Wildman–Crippen LogP) is 4.14. The molecule has 0 bridgehead atoms. The minimum absolute atomic E-state index is 0.172. The van der Waals surface area contributed by atoms with Crippen molar-refractivity contribution in [3.63, 3.8) is 0 Å². The summed E-state index contributed by atoms with van der Waals surface area (Å²) < 4.78 is 3.37. The molecule has 3 aromatic carbocycles. The number of Topliss-reactive ketones (excluding diaryl/α,β-unsaturated/α-hetero) is 1. The van der Waals surface area contributed by atoms with Gasteiger partial charge in [-0.1, -0.05) is 72.0 Å². The first kappa shape index (κ1) is 21.9. The van der Waals surface area contributed by atoms with Crippen molar-refractivity contribution in [2.75, 3.05) is 0 Å². The zero-order chi connectivity index (χ0) is 24.6. The van der Waals surface area contributed by atoms with Gasteiger partial charge in [0.25, 0.3) is 5.91 Å². The maximum Gasteiger partial charge on any atom is 0.292 e. The van der Waals surface area contributed by atoms with E-state index in [1.54, 1.807) is 4.68 Å². The van der Waals surface area contributed by atoms with Gasteiger partial charge in [0.15, 0.2) is 16.5 Å². The minimum atomic E-state index is -0.425. The standard InChI is InChI=1S/C27H20N6O2S/c1-17(34)26-31-33(20-13-6-3-7-14-20)27(36-26)29-28-25(35)23-22-16-18-10-8-9-15-21(18)24(22)32(30-23)19-11-4-2-5-12-19/h2-15H,16H2,1H3,(H,28,35)/b29-27+. The largest absolute Gasteiger partial charge is 0.292 e. The van der Waals surface area contributed by atoms with Gasteiger partial charge in [-0.3, -0.25) is 9.59 Å². The van der Waals surface area contributed by atoms with Gasteiger partial charge in [0, 0.05) is 24.5 Å². The van der Waals surface area contributed by atoms with Crippen molar-refractivity contribution in [1.29, 1.82) is 0 Å². The molecule has 1 amide bonds. The molecule has 0 saturated carbocycles. The SMILES string of the molecule is CC(=O)c1nn(-c2ccccc2)/c(=N\NC(=O)c2nn(-c3ccccc3)c3c2Cc2ccccc2-3)s1. The van der Waals surface area contributed by atoms with Gasteiger partial charge >= 0.3 is 0 Å². The van der Waals surface area contributed by atoms with Crippen molar-refractivity contribution in [2.24, 2.45) is 5.10 Å². The summed E-state index contributed by atoms with van der Waals surface area (Å²) in [6, 6.07) is 27.2. The molecular formula is C27H20N6O2S. The monoisotopic (exact) mass is 492 g/mol. The van der Waals surface area contributed by atoms with E-state index in [-0.39, 0.29) is 5.78 Å². The first-order valence-corrected chi connectivity index (χ1v) is 12.2. The molecule has 1 N–H and O–H groups in total. The van der Waals surface area contributed by atoms with Crippen LogP contribution >= 0.6 is 11.3 Å². The number of carbonyl (C=O) groups excluding carboxylic acids is 2. The van der Waals surface area contributed by atoms with Gasteiger partial charge in [-0.2, -0.15) is 10.2 Å². The lowest BCUT2D eigenvalue weighted by Gasteiger charge is -2.07. The Labute approximate surface area is 210 Å². The number of nitrogens with zero attached hydrogens (tertiary/aromatic N) is 5. The third kappa shape index (κ3) is 3.75. The second-order valence-corrected chi connectivity index (χ2v) is 9.26. The third-order valence-corrected chi connectivity index (χ3v) is 6.96. The zero-order valence-electron chi connectivity index (χ0n) is 19.3. The summed E-state index contributed by atoms with van der Waals surface area (Å²) in [6.45, 7) is 1.45. The van der Waals surface area contributed by atoms with Crippen molar-refractivity contribution in [1.82, 2.24) is 25.0 Å². The summed E-state index contributed by atoms with van der Waals surface area (Å²) in [5.74, 6) is -0.597. The molecule has 0 fully saturated rings. The highest BCUT2D eigenvalue weighted by Gasteiger charge is 2.30. The Morgan fingerprint density at radius 1 is 0.861 bits per heavy atom. The third-order valence-electron chi connectivity index (χ3n) is 5.95. The molecule has 2 aromatic heterocycles. The van der Waals surface area contributed by atoms with Crippen LogP contribution in [0.5, 0.6) is 0 Å². The fraction of sp³-hybridized carbons (Fsp3) is 0.0741. The normalized spacial score (nSPS) is 12.3. The fourth-order valence-corrected chi connectivity index (χ4v) is 5.08. The molecule has 1 aliphatic carbocycles. The van der Waals surface area contributed by atoms with Gasteiger partial charge in [0.1, 0.15) is 0 Å². The van der Waals surface area contributed by atoms with Crippen molar-refractivity contribution in [3.05, 3.63) is 112 Å². The number of rotatable bonds is 5. The Kier molecular flexibility index (Phi) is 5.38.